The van der Waals surface area contributed by atoms with Gasteiger partial charge in [-0.25, -0.2) is 19.6 Å². The Morgan fingerprint density at radius 1 is 1.04 bits per heavy atom. The van der Waals surface area contributed by atoms with Gasteiger partial charge in [0.1, 0.15) is 23.9 Å². The molecule has 6 heterocycles. The third-order valence-corrected chi connectivity index (χ3v) is 9.08. The van der Waals surface area contributed by atoms with Crippen LogP contribution in [0.5, 0.6) is 5.75 Å². The average Bonchev–Trinajstić information content (AvgIpc) is 3.90. The first kappa shape index (κ1) is 31.9. The number of pyridine rings is 1. The standard InChI is InChI=1S/C36H27ClF2N10O3/c1-19-17-51-18-31-43-30-13-20(34(50)42-23-3-5-24(6-4-23)52-36(37,38)39)11-25(33(30)49(19)31)21-12-26-29(41-15-21)14-22-16-48(46-32(22)26)35-40-9-7-27(44-35)28-8-10-47(2)45-28/h3-13,15-16,19H,14,17-18H2,1-2H3,(H,42,50)/t19-/m1/s1. The van der Waals surface area contributed by atoms with Gasteiger partial charge in [-0.05, 0) is 61.5 Å². The average molecular weight is 721 g/mol. The molecule has 0 radical (unpaired) electrons. The second kappa shape index (κ2) is 12.0. The second-order valence-electron chi connectivity index (χ2n) is 12.6. The lowest BCUT2D eigenvalue weighted by Crippen LogP contribution is -2.21. The van der Waals surface area contributed by atoms with Gasteiger partial charge in [0.15, 0.2) is 0 Å². The number of ether oxygens (including phenoxy) is 2. The van der Waals surface area contributed by atoms with E-state index in [-0.39, 0.29) is 11.8 Å². The van der Waals surface area contributed by atoms with E-state index in [0.717, 1.165) is 50.7 Å². The number of nitrogens with one attached hydrogen (secondary N) is 1. The number of rotatable bonds is 7. The summed E-state index contributed by atoms with van der Waals surface area (Å²) in [5.41, 5.74) is 4.83. The molecule has 7 aromatic rings. The Balaban J connectivity index is 1.09. The van der Waals surface area contributed by atoms with Crippen LogP contribution in [0, 0.1) is 0 Å². The van der Waals surface area contributed by atoms with Crippen LogP contribution in [-0.4, -0.2) is 62.1 Å². The topological polar surface area (TPSA) is 140 Å². The lowest BCUT2D eigenvalue weighted by Gasteiger charge is -2.23. The van der Waals surface area contributed by atoms with Crippen LogP contribution < -0.4 is 10.1 Å². The SMILES string of the molecule is C[C@@H]1COCc2nc3cc(C(=O)Nc4ccc(OC(F)(F)Cl)cc4)cc(-c4cnc5c(c4)-c4nn(-c6nccc(-c7ccn(C)n7)n6)cc4C5)c3n21. The van der Waals surface area contributed by atoms with Crippen molar-refractivity contribution in [3.8, 4) is 45.5 Å². The number of fused-ring (bicyclic) bond motifs is 6. The number of benzene rings is 2. The number of alkyl halides is 3. The number of amides is 1. The van der Waals surface area contributed by atoms with Crippen LogP contribution in [0.4, 0.5) is 14.5 Å². The van der Waals surface area contributed by atoms with E-state index in [9.17, 15) is 13.6 Å². The minimum Gasteiger partial charge on any atom is -0.420 e. The van der Waals surface area contributed by atoms with Gasteiger partial charge in [0.05, 0.1) is 40.8 Å². The van der Waals surface area contributed by atoms with E-state index in [2.05, 4.69) is 31.6 Å². The number of anilines is 1. The summed E-state index contributed by atoms with van der Waals surface area (Å²) >= 11 is 4.88. The normalized spacial score (nSPS) is 15.0. The van der Waals surface area contributed by atoms with E-state index in [1.807, 2.05) is 49.9 Å². The molecule has 13 nitrogen and oxygen atoms in total. The second-order valence-corrected chi connectivity index (χ2v) is 13.1. The van der Waals surface area contributed by atoms with Crippen LogP contribution in [-0.2, 0) is 24.8 Å². The van der Waals surface area contributed by atoms with E-state index in [0.29, 0.717) is 48.0 Å². The maximum Gasteiger partial charge on any atom is 0.487 e. The van der Waals surface area contributed by atoms with Crippen LogP contribution in [0.3, 0.4) is 0 Å². The van der Waals surface area contributed by atoms with Crippen LogP contribution in [0.2, 0.25) is 0 Å². The van der Waals surface area contributed by atoms with Gasteiger partial charge in [-0.1, -0.05) is 0 Å². The van der Waals surface area contributed by atoms with Gasteiger partial charge in [-0.15, -0.1) is 8.78 Å². The largest absolute Gasteiger partial charge is 0.487 e. The summed E-state index contributed by atoms with van der Waals surface area (Å²) in [6.07, 6.45) is 7.87. The summed E-state index contributed by atoms with van der Waals surface area (Å²) in [7, 11) is 1.85. The van der Waals surface area contributed by atoms with Crippen molar-refractivity contribution in [2.24, 2.45) is 7.05 Å². The fourth-order valence-electron chi connectivity index (χ4n) is 6.73. The molecule has 52 heavy (non-hydrogen) atoms. The molecule has 1 aliphatic heterocycles. The van der Waals surface area contributed by atoms with Crippen molar-refractivity contribution in [3.05, 3.63) is 102 Å². The molecule has 1 aliphatic carbocycles. The summed E-state index contributed by atoms with van der Waals surface area (Å²) in [5.74, 6) is 0.606. The highest BCUT2D eigenvalue weighted by Crippen LogP contribution is 2.40. The number of aryl methyl sites for hydroxylation is 1. The predicted octanol–water partition coefficient (Wildman–Crippen LogP) is 6.56. The molecule has 1 N–H and O–H groups in total. The van der Waals surface area contributed by atoms with Gasteiger partial charge < -0.3 is 19.4 Å². The van der Waals surface area contributed by atoms with Gasteiger partial charge >= 0.3 is 5.57 Å². The minimum absolute atomic E-state index is 0.000174. The quantitative estimate of drug-likeness (QED) is 0.181. The van der Waals surface area contributed by atoms with Gasteiger partial charge in [-0.2, -0.15) is 10.2 Å². The molecule has 2 aliphatic rings. The number of carbonyl (C=O) groups excluding carboxylic acids is 1. The van der Waals surface area contributed by atoms with Crippen molar-refractivity contribution in [1.29, 1.82) is 0 Å². The monoisotopic (exact) mass is 720 g/mol. The lowest BCUT2D eigenvalue weighted by molar-refractivity contribution is -0.0964. The summed E-state index contributed by atoms with van der Waals surface area (Å²) < 4.78 is 41.9. The van der Waals surface area contributed by atoms with Gasteiger partial charge in [0.2, 0.25) is 0 Å². The highest BCUT2D eigenvalue weighted by atomic mass is 35.5. The molecule has 9 rings (SSSR count). The maximum absolute atomic E-state index is 13.7. The molecular formula is C36H27ClF2N10O3. The Kier molecular flexibility index (Phi) is 7.37. The molecule has 260 valence electrons. The van der Waals surface area contributed by atoms with Crippen molar-refractivity contribution in [2.75, 3.05) is 11.9 Å². The molecule has 0 saturated carbocycles. The zero-order chi connectivity index (χ0) is 35.7. The zero-order valence-corrected chi connectivity index (χ0v) is 28.3. The Hall–Kier alpha value is -6.06. The molecule has 0 unspecified atom stereocenters. The zero-order valence-electron chi connectivity index (χ0n) is 27.6. The third-order valence-electron chi connectivity index (χ3n) is 9.01. The Morgan fingerprint density at radius 3 is 2.67 bits per heavy atom. The summed E-state index contributed by atoms with van der Waals surface area (Å²) in [6.45, 7) is 2.91. The van der Waals surface area contributed by atoms with Crippen molar-refractivity contribution >= 4 is 34.2 Å². The first-order valence-electron chi connectivity index (χ1n) is 16.3. The van der Waals surface area contributed by atoms with Gasteiger partial charge in [0.25, 0.3) is 11.9 Å². The smallest absolute Gasteiger partial charge is 0.420 e. The van der Waals surface area contributed by atoms with E-state index >= 15 is 0 Å². The van der Waals surface area contributed by atoms with E-state index in [4.69, 9.17) is 36.4 Å². The van der Waals surface area contributed by atoms with Crippen LogP contribution in [0.25, 0.3) is 50.8 Å². The number of carbonyl (C=O) groups is 1. The first-order chi connectivity index (χ1) is 25.1. The molecular weight excluding hydrogens is 694 g/mol. The van der Waals surface area contributed by atoms with Crippen molar-refractivity contribution in [2.45, 2.75) is 31.6 Å². The van der Waals surface area contributed by atoms with E-state index < -0.39 is 11.5 Å². The fourth-order valence-corrected chi connectivity index (χ4v) is 6.82. The van der Waals surface area contributed by atoms with Crippen molar-refractivity contribution in [1.82, 2.24) is 44.1 Å². The summed E-state index contributed by atoms with van der Waals surface area (Å²) in [4.78, 5) is 32.6. The number of hydrogen-bond donors (Lipinski definition) is 1. The molecule has 0 bridgehead atoms. The Labute approximate surface area is 298 Å². The van der Waals surface area contributed by atoms with Crippen molar-refractivity contribution in [3.63, 3.8) is 0 Å². The third kappa shape index (κ3) is 5.73. The summed E-state index contributed by atoms with van der Waals surface area (Å²) in [6, 6.07) is 14.8. The Morgan fingerprint density at radius 2 is 1.88 bits per heavy atom. The maximum atomic E-state index is 13.7. The molecule has 1 amide bonds. The predicted molar refractivity (Wildman–Crippen MR) is 186 cm³/mol. The number of hydrogen-bond acceptors (Lipinski definition) is 9. The molecule has 2 aromatic carbocycles. The Bertz CT molecular complexity index is 2540. The van der Waals surface area contributed by atoms with Crippen molar-refractivity contribution < 1.29 is 23.0 Å². The number of halogens is 3. The van der Waals surface area contributed by atoms with E-state index in [1.165, 1.54) is 24.3 Å². The first-order valence-corrected chi connectivity index (χ1v) is 16.7. The molecule has 1 atom stereocenters. The van der Waals surface area contributed by atoms with Crippen LogP contribution in [0.15, 0.2) is 79.4 Å². The van der Waals surface area contributed by atoms with Crippen LogP contribution >= 0.6 is 11.6 Å². The van der Waals surface area contributed by atoms with Gasteiger partial charge in [-0.3, -0.25) is 14.5 Å². The molecule has 16 heteroatoms. The van der Waals surface area contributed by atoms with Gasteiger partial charge in [0, 0.05) is 83.4 Å². The minimum atomic E-state index is -3.85. The lowest BCUT2D eigenvalue weighted by atomic mass is 9.99. The fraction of sp³-hybridized carbons (Fsp3) is 0.194. The molecule has 0 saturated heterocycles. The highest BCUT2D eigenvalue weighted by Gasteiger charge is 2.29. The number of aromatic nitrogens is 9. The highest BCUT2D eigenvalue weighted by molar-refractivity contribution is 6.20. The number of imidazole rings is 1. The summed E-state index contributed by atoms with van der Waals surface area (Å²) in [5, 5.41) is 12.2. The van der Waals surface area contributed by atoms with E-state index in [1.54, 1.807) is 21.6 Å². The number of nitrogens with zero attached hydrogens (tertiary/aromatic N) is 9. The van der Waals surface area contributed by atoms with Crippen LogP contribution in [0.1, 0.15) is 40.4 Å². The molecule has 0 fully saturated rings. The molecule has 0 spiro atoms. The molecule has 5 aromatic heterocycles.